The molecule has 0 spiro atoms. The Kier molecular flexibility index (Phi) is 7.89. The predicted molar refractivity (Wildman–Crippen MR) is 109 cm³/mol. The fraction of sp³-hybridized carbons (Fsp3) is 0.238. The van der Waals surface area contributed by atoms with Crippen LogP contribution < -0.4 is 14.8 Å². The van der Waals surface area contributed by atoms with Crippen molar-refractivity contribution in [2.24, 2.45) is 0 Å². The van der Waals surface area contributed by atoms with E-state index in [0.717, 1.165) is 11.1 Å². The summed E-state index contributed by atoms with van der Waals surface area (Å²) in [6, 6.07) is 10.4. The van der Waals surface area contributed by atoms with Crippen molar-refractivity contribution in [3.8, 4) is 11.5 Å². The van der Waals surface area contributed by atoms with Crippen molar-refractivity contribution in [1.82, 2.24) is 0 Å². The number of nitrogens with one attached hydrogen (secondary N) is 1. The Hall–Kier alpha value is -2.99. The third kappa shape index (κ3) is 6.32. The molecule has 148 valence electrons. The summed E-state index contributed by atoms with van der Waals surface area (Å²) >= 11 is 5.88. The molecule has 0 unspecified atom stereocenters. The van der Waals surface area contributed by atoms with E-state index >= 15 is 0 Å². The average Bonchev–Trinajstić information content (AvgIpc) is 2.67. The van der Waals surface area contributed by atoms with Gasteiger partial charge in [0.25, 0.3) is 5.91 Å². The Morgan fingerprint density at radius 1 is 1.14 bits per heavy atom. The SMILES string of the molecule is CCOc1cc(/C=C/C(=O)OCC(=O)Nc2ccc(Cl)cc2C)ccc1OC. The fourth-order valence-corrected chi connectivity index (χ4v) is 2.59. The summed E-state index contributed by atoms with van der Waals surface area (Å²) in [5.41, 5.74) is 2.17. The second-order valence-electron chi connectivity index (χ2n) is 5.79. The lowest BCUT2D eigenvalue weighted by molar-refractivity contribution is -0.142. The molecule has 1 amide bonds. The quantitative estimate of drug-likeness (QED) is 0.526. The van der Waals surface area contributed by atoms with Crippen LogP contribution in [-0.2, 0) is 14.3 Å². The van der Waals surface area contributed by atoms with E-state index < -0.39 is 18.5 Å². The van der Waals surface area contributed by atoms with Crippen LogP contribution in [0.3, 0.4) is 0 Å². The van der Waals surface area contributed by atoms with E-state index in [1.165, 1.54) is 6.08 Å². The molecule has 2 aromatic rings. The predicted octanol–water partition coefficient (Wildman–Crippen LogP) is 4.25. The molecule has 0 bridgehead atoms. The minimum atomic E-state index is -0.628. The Morgan fingerprint density at radius 3 is 2.61 bits per heavy atom. The number of hydrogen-bond donors (Lipinski definition) is 1. The Bertz CT molecular complexity index is 879. The van der Waals surface area contributed by atoms with Gasteiger partial charge in [0.1, 0.15) is 0 Å². The minimum absolute atomic E-state index is 0.391. The maximum absolute atomic E-state index is 11.9. The summed E-state index contributed by atoms with van der Waals surface area (Å²) < 4.78 is 15.7. The van der Waals surface area contributed by atoms with Crippen LogP contribution in [0.2, 0.25) is 5.02 Å². The number of carbonyl (C=O) groups is 2. The molecule has 0 aromatic heterocycles. The first-order valence-electron chi connectivity index (χ1n) is 8.64. The molecule has 28 heavy (non-hydrogen) atoms. The lowest BCUT2D eigenvalue weighted by Gasteiger charge is -2.09. The third-order valence-electron chi connectivity index (χ3n) is 3.71. The molecule has 0 aliphatic carbocycles. The summed E-state index contributed by atoms with van der Waals surface area (Å²) in [6.07, 6.45) is 2.82. The lowest BCUT2D eigenvalue weighted by Crippen LogP contribution is -2.20. The summed E-state index contributed by atoms with van der Waals surface area (Å²) in [7, 11) is 1.56. The molecule has 0 aliphatic rings. The van der Waals surface area contributed by atoms with E-state index in [1.54, 1.807) is 49.6 Å². The van der Waals surface area contributed by atoms with Crippen molar-refractivity contribution in [3.63, 3.8) is 0 Å². The van der Waals surface area contributed by atoms with Crippen LogP contribution in [0.15, 0.2) is 42.5 Å². The average molecular weight is 404 g/mol. The van der Waals surface area contributed by atoms with Crippen LogP contribution in [0.1, 0.15) is 18.1 Å². The number of carbonyl (C=O) groups excluding carboxylic acids is 2. The molecule has 0 fully saturated rings. The monoisotopic (exact) mass is 403 g/mol. The van der Waals surface area contributed by atoms with E-state index in [-0.39, 0.29) is 0 Å². The Morgan fingerprint density at radius 2 is 1.93 bits per heavy atom. The van der Waals surface area contributed by atoms with Gasteiger partial charge in [-0.05, 0) is 61.4 Å². The number of ether oxygens (including phenoxy) is 3. The molecular weight excluding hydrogens is 382 g/mol. The van der Waals surface area contributed by atoms with E-state index in [2.05, 4.69) is 5.32 Å². The number of methoxy groups -OCH3 is 1. The number of halogens is 1. The van der Waals surface area contributed by atoms with Gasteiger partial charge in [-0.3, -0.25) is 4.79 Å². The van der Waals surface area contributed by atoms with E-state index in [9.17, 15) is 9.59 Å². The van der Waals surface area contributed by atoms with Crippen molar-refractivity contribution in [3.05, 3.63) is 58.6 Å². The molecule has 0 saturated heterocycles. The standard InChI is InChI=1S/C21H22ClNO5/c1-4-27-19-12-15(5-9-18(19)26-3)6-10-21(25)28-13-20(24)23-17-8-7-16(22)11-14(17)2/h5-12H,4,13H2,1-3H3,(H,23,24)/b10-6+. The second kappa shape index (κ2) is 10.4. The molecule has 0 heterocycles. The zero-order chi connectivity index (χ0) is 20.5. The van der Waals surface area contributed by atoms with Gasteiger partial charge in [-0.25, -0.2) is 4.79 Å². The number of benzene rings is 2. The number of hydrogen-bond acceptors (Lipinski definition) is 5. The van der Waals surface area contributed by atoms with Gasteiger partial charge in [-0.15, -0.1) is 0 Å². The maximum Gasteiger partial charge on any atom is 0.331 e. The molecule has 0 radical (unpaired) electrons. The third-order valence-corrected chi connectivity index (χ3v) is 3.94. The summed E-state index contributed by atoms with van der Waals surface area (Å²) in [5, 5.41) is 3.25. The summed E-state index contributed by atoms with van der Waals surface area (Å²) in [4.78, 5) is 23.8. The highest BCUT2D eigenvalue weighted by molar-refractivity contribution is 6.30. The molecular formula is C21H22ClNO5. The highest BCUT2D eigenvalue weighted by Crippen LogP contribution is 2.28. The van der Waals surface area contributed by atoms with Gasteiger partial charge in [-0.1, -0.05) is 17.7 Å². The van der Waals surface area contributed by atoms with Gasteiger partial charge in [0.2, 0.25) is 0 Å². The van der Waals surface area contributed by atoms with Crippen LogP contribution in [0, 0.1) is 6.92 Å². The fourth-order valence-electron chi connectivity index (χ4n) is 2.37. The van der Waals surface area contributed by atoms with E-state index in [4.69, 9.17) is 25.8 Å². The van der Waals surface area contributed by atoms with E-state index in [1.807, 2.05) is 13.8 Å². The normalized spacial score (nSPS) is 10.6. The van der Waals surface area contributed by atoms with Crippen molar-refractivity contribution in [2.45, 2.75) is 13.8 Å². The lowest BCUT2D eigenvalue weighted by atomic mass is 10.2. The van der Waals surface area contributed by atoms with Gasteiger partial charge in [0, 0.05) is 16.8 Å². The van der Waals surface area contributed by atoms with Gasteiger partial charge in [-0.2, -0.15) is 0 Å². The number of esters is 1. The highest BCUT2D eigenvalue weighted by atomic mass is 35.5. The number of aryl methyl sites for hydroxylation is 1. The van der Waals surface area contributed by atoms with Gasteiger partial charge < -0.3 is 19.5 Å². The highest BCUT2D eigenvalue weighted by Gasteiger charge is 2.08. The molecule has 1 N–H and O–H groups in total. The second-order valence-corrected chi connectivity index (χ2v) is 6.23. The first-order valence-corrected chi connectivity index (χ1v) is 9.02. The van der Waals surface area contributed by atoms with Crippen molar-refractivity contribution < 1.29 is 23.8 Å². The van der Waals surface area contributed by atoms with Crippen molar-refractivity contribution in [2.75, 3.05) is 25.6 Å². The summed E-state index contributed by atoms with van der Waals surface area (Å²) in [5.74, 6) is 0.126. The van der Waals surface area contributed by atoms with Crippen LogP contribution in [0.4, 0.5) is 5.69 Å². The van der Waals surface area contributed by atoms with Crippen molar-refractivity contribution >= 4 is 35.2 Å². The zero-order valence-corrected chi connectivity index (χ0v) is 16.7. The van der Waals surface area contributed by atoms with Gasteiger partial charge in [0.15, 0.2) is 18.1 Å². The molecule has 0 atom stereocenters. The number of anilines is 1. The van der Waals surface area contributed by atoms with Crippen molar-refractivity contribution in [1.29, 1.82) is 0 Å². The van der Waals surface area contributed by atoms with Crippen LogP contribution in [-0.4, -0.2) is 32.2 Å². The molecule has 2 aromatic carbocycles. The molecule has 6 nitrogen and oxygen atoms in total. The van der Waals surface area contributed by atoms with Crippen LogP contribution in [0.5, 0.6) is 11.5 Å². The van der Waals surface area contributed by atoms with Gasteiger partial charge >= 0.3 is 5.97 Å². The Labute approximate surface area is 169 Å². The van der Waals surface area contributed by atoms with Crippen LogP contribution >= 0.6 is 11.6 Å². The number of amides is 1. The maximum atomic E-state index is 11.9. The molecule has 0 aliphatic heterocycles. The molecule has 7 heteroatoms. The zero-order valence-electron chi connectivity index (χ0n) is 16.0. The minimum Gasteiger partial charge on any atom is -0.493 e. The first kappa shape index (κ1) is 21.3. The molecule has 0 saturated carbocycles. The first-order chi connectivity index (χ1) is 13.4. The van der Waals surface area contributed by atoms with Crippen LogP contribution in [0.25, 0.3) is 6.08 Å². The summed E-state index contributed by atoms with van der Waals surface area (Å²) in [6.45, 7) is 3.79. The van der Waals surface area contributed by atoms with Gasteiger partial charge in [0.05, 0.1) is 13.7 Å². The van der Waals surface area contributed by atoms with E-state index in [0.29, 0.717) is 28.8 Å². The largest absolute Gasteiger partial charge is 0.493 e. The smallest absolute Gasteiger partial charge is 0.331 e. The topological polar surface area (TPSA) is 73.9 Å². The Balaban J connectivity index is 1.89. The molecule has 2 rings (SSSR count). The number of rotatable bonds is 8.